The molecule has 0 aliphatic carbocycles. The van der Waals surface area contributed by atoms with E-state index >= 15 is 0 Å². The number of imidazole rings is 1. The van der Waals surface area contributed by atoms with Crippen molar-refractivity contribution >= 4 is 0 Å². The molecule has 1 unspecified atom stereocenters. The maximum atomic E-state index is 9.22. The maximum Gasteiger partial charge on any atom is 0.0991 e. The van der Waals surface area contributed by atoms with Gasteiger partial charge >= 0.3 is 0 Å². The molecule has 4 nitrogen and oxygen atoms in total. The Kier molecular flexibility index (Phi) is 4.71. The van der Waals surface area contributed by atoms with E-state index in [-0.39, 0.29) is 18.7 Å². The molecule has 1 aromatic heterocycles. The summed E-state index contributed by atoms with van der Waals surface area (Å²) in [5.41, 5.74) is 2.32. The Morgan fingerprint density at radius 2 is 2.05 bits per heavy atom. The molecule has 0 spiro atoms. The highest BCUT2D eigenvalue weighted by atomic mass is 16.3. The largest absolute Gasteiger partial charge is 0.395 e. The second kappa shape index (κ2) is 6.50. The minimum atomic E-state index is 0.156. The number of aliphatic hydroxyl groups is 1. The summed E-state index contributed by atoms with van der Waals surface area (Å²) in [4.78, 5) is 4.04. The molecular weight excluding hydrogens is 238 g/mol. The molecule has 0 fully saturated rings. The molecule has 4 heteroatoms. The van der Waals surface area contributed by atoms with Crippen LogP contribution in [0.15, 0.2) is 43.0 Å². The predicted molar refractivity (Wildman–Crippen MR) is 76.3 cm³/mol. The van der Waals surface area contributed by atoms with Crippen molar-refractivity contribution in [1.82, 2.24) is 14.9 Å². The lowest BCUT2D eigenvalue weighted by atomic mass is 10.1. The first-order valence-corrected chi connectivity index (χ1v) is 6.69. The van der Waals surface area contributed by atoms with Gasteiger partial charge in [0.05, 0.1) is 12.9 Å². The lowest BCUT2D eigenvalue weighted by Crippen LogP contribution is -2.33. The quantitative estimate of drug-likeness (QED) is 0.837. The molecule has 0 saturated heterocycles. The fourth-order valence-corrected chi connectivity index (χ4v) is 2.10. The van der Waals surface area contributed by atoms with E-state index in [1.165, 1.54) is 5.56 Å². The summed E-state index contributed by atoms with van der Waals surface area (Å²) in [6, 6.07) is 8.76. The molecule has 0 amide bonds. The minimum Gasteiger partial charge on any atom is -0.395 e. The fourth-order valence-electron chi connectivity index (χ4n) is 2.10. The molecule has 19 heavy (non-hydrogen) atoms. The third-order valence-electron chi connectivity index (χ3n) is 3.39. The summed E-state index contributed by atoms with van der Waals surface area (Å²) in [5.74, 6) is 0. The monoisotopic (exact) mass is 259 g/mol. The highest BCUT2D eigenvalue weighted by Crippen LogP contribution is 2.16. The number of aliphatic hydroxyl groups excluding tert-OH is 1. The Balaban J connectivity index is 2.05. The molecule has 102 valence electrons. The van der Waals surface area contributed by atoms with E-state index in [1.807, 2.05) is 10.8 Å². The van der Waals surface area contributed by atoms with Crippen LogP contribution in [-0.4, -0.2) is 27.3 Å². The zero-order valence-corrected chi connectivity index (χ0v) is 11.5. The lowest BCUT2D eigenvalue weighted by molar-refractivity contribution is 0.230. The number of hydrogen-bond donors (Lipinski definition) is 2. The van der Waals surface area contributed by atoms with Crippen molar-refractivity contribution in [2.75, 3.05) is 6.61 Å². The topological polar surface area (TPSA) is 50.1 Å². The smallest absolute Gasteiger partial charge is 0.0991 e. The maximum absolute atomic E-state index is 9.22. The Morgan fingerprint density at radius 1 is 1.32 bits per heavy atom. The van der Waals surface area contributed by atoms with Crippen LogP contribution < -0.4 is 5.32 Å². The summed E-state index contributed by atoms with van der Waals surface area (Å²) in [5, 5.41) is 12.6. The predicted octanol–water partition coefficient (Wildman–Crippen LogP) is 2.29. The van der Waals surface area contributed by atoms with Crippen LogP contribution in [-0.2, 0) is 0 Å². The summed E-state index contributed by atoms with van der Waals surface area (Å²) in [6.07, 6.45) is 6.41. The van der Waals surface area contributed by atoms with Crippen LogP contribution in [0.3, 0.4) is 0 Å². The van der Waals surface area contributed by atoms with E-state index in [1.54, 1.807) is 12.5 Å². The highest BCUT2D eigenvalue weighted by Gasteiger charge is 2.10. The summed E-state index contributed by atoms with van der Waals surface area (Å²) >= 11 is 0. The van der Waals surface area contributed by atoms with Crippen molar-refractivity contribution in [2.45, 2.75) is 32.4 Å². The summed E-state index contributed by atoms with van der Waals surface area (Å²) < 4.78 is 1.98. The molecule has 2 rings (SSSR count). The van der Waals surface area contributed by atoms with Gasteiger partial charge in [0.2, 0.25) is 0 Å². The lowest BCUT2D eigenvalue weighted by Gasteiger charge is -2.21. The Bertz CT molecular complexity index is 475. The van der Waals surface area contributed by atoms with Gasteiger partial charge in [-0.05, 0) is 31.0 Å². The van der Waals surface area contributed by atoms with Gasteiger partial charge in [0.15, 0.2) is 0 Å². The first kappa shape index (κ1) is 13.8. The second-order valence-electron chi connectivity index (χ2n) is 4.74. The zero-order chi connectivity index (χ0) is 13.7. The standard InChI is InChI=1S/C15H21N3O/c1-3-14(10-19)17-12(2)13-4-6-15(7-5-13)18-9-8-16-11-18/h4-9,11-12,14,17,19H,3,10H2,1-2H3/t12?,14-/m1/s1. The minimum absolute atomic E-state index is 0.156. The van der Waals surface area contributed by atoms with Crippen LogP contribution in [0, 0.1) is 0 Å². The van der Waals surface area contributed by atoms with E-state index in [4.69, 9.17) is 0 Å². The van der Waals surface area contributed by atoms with Crippen molar-refractivity contribution in [2.24, 2.45) is 0 Å². The first-order chi connectivity index (χ1) is 9.24. The Hall–Kier alpha value is -1.65. The number of rotatable bonds is 6. The number of nitrogens with one attached hydrogen (secondary N) is 1. The molecule has 2 atom stereocenters. The number of benzene rings is 1. The fraction of sp³-hybridized carbons (Fsp3) is 0.400. The normalized spacial score (nSPS) is 14.3. The van der Waals surface area contributed by atoms with Crippen LogP contribution in [0.5, 0.6) is 0 Å². The van der Waals surface area contributed by atoms with Crippen molar-refractivity contribution in [3.05, 3.63) is 48.5 Å². The summed E-state index contributed by atoms with van der Waals surface area (Å²) in [7, 11) is 0. The van der Waals surface area contributed by atoms with Gasteiger partial charge in [-0.2, -0.15) is 0 Å². The van der Waals surface area contributed by atoms with E-state index in [0.717, 1.165) is 12.1 Å². The van der Waals surface area contributed by atoms with Gasteiger partial charge < -0.3 is 15.0 Å². The number of nitrogens with zero attached hydrogens (tertiary/aromatic N) is 2. The van der Waals surface area contributed by atoms with Crippen molar-refractivity contribution < 1.29 is 5.11 Å². The molecule has 0 radical (unpaired) electrons. The number of hydrogen-bond acceptors (Lipinski definition) is 3. The second-order valence-corrected chi connectivity index (χ2v) is 4.74. The van der Waals surface area contributed by atoms with Crippen LogP contribution in [0.25, 0.3) is 5.69 Å². The highest BCUT2D eigenvalue weighted by molar-refractivity contribution is 5.35. The average Bonchev–Trinajstić information content (AvgIpc) is 2.99. The third-order valence-corrected chi connectivity index (χ3v) is 3.39. The van der Waals surface area contributed by atoms with Crippen LogP contribution in [0.4, 0.5) is 0 Å². The van der Waals surface area contributed by atoms with Gasteiger partial charge in [0.1, 0.15) is 0 Å². The van der Waals surface area contributed by atoms with Crippen LogP contribution in [0.1, 0.15) is 31.9 Å². The molecular formula is C15H21N3O. The van der Waals surface area contributed by atoms with E-state index in [2.05, 4.69) is 48.4 Å². The molecule has 1 aromatic carbocycles. The van der Waals surface area contributed by atoms with E-state index < -0.39 is 0 Å². The van der Waals surface area contributed by atoms with E-state index in [9.17, 15) is 5.11 Å². The molecule has 0 aliphatic rings. The molecule has 0 bridgehead atoms. The molecule has 2 N–H and O–H groups in total. The van der Waals surface area contributed by atoms with Gasteiger partial charge in [-0.1, -0.05) is 19.1 Å². The van der Waals surface area contributed by atoms with Gasteiger partial charge in [0.25, 0.3) is 0 Å². The molecule has 0 aliphatic heterocycles. The van der Waals surface area contributed by atoms with Crippen LogP contribution >= 0.6 is 0 Å². The van der Waals surface area contributed by atoms with Crippen molar-refractivity contribution in [3.8, 4) is 5.69 Å². The van der Waals surface area contributed by atoms with E-state index in [0.29, 0.717) is 0 Å². The first-order valence-electron chi connectivity index (χ1n) is 6.69. The molecule has 0 saturated carbocycles. The van der Waals surface area contributed by atoms with Gasteiger partial charge in [0, 0.05) is 30.2 Å². The van der Waals surface area contributed by atoms with Gasteiger partial charge in [-0.15, -0.1) is 0 Å². The van der Waals surface area contributed by atoms with Gasteiger partial charge in [-0.25, -0.2) is 4.98 Å². The average molecular weight is 259 g/mol. The number of aromatic nitrogens is 2. The van der Waals surface area contributed by atoms with Crippen LogP contribution in [0.2, 0.25) is 0 Å². The Morgan fingerprint density at radius 3 is 2.58 bits per heavy atom. The molecule has 2 aromatic rings. The zero-order valence-electron chi connectivity index (χ0n) is 11.5. The molecule has 1 heterocycles. The van der Waals surface area contributed by atoms with Crippen molar-refractivity contribution in [3.63, 3.8) is 0 Å². The van der Waals surface area contributed by atoms with Gasteiger partial charge in [-0.3, -0.25) is 0 Å². The Labute approximate surface area is 114 Å². The summed E-state index contributed by atoms with van der Waals surface area (Å²) in [6.45, 7) is 4.36. The third kappa shape index (κ3) is 3.43. The van der Waals surface area contributed by atoms with Crippen molar-refractivity contribution in [1.29, 1.82) is 0 Å². The SMILES string of the molecule is CC[C@H](CO)NC(C)c1ccc(-n2ccnc2)cc1.